The Balaban J connectivity index is 1.67. The minimum atomic E-state index is -0.438. The second-order valence-corrected chi connectivity index (χ2v) is 7.86. The molecule has 4 unspecified atom stereocenters. The maximum atomic E-state index is 13.5. The molecule has 150 valence electrons. The van der Waals surface area contributed by atoms with Gasteiger partial charge in [-0.2, -0.15) is 5.10 Å². The van der Waals surface area contributed by atoms with Crippen molar-refractivity contribution in [3.05, 3.63) is 35.4 Å². The molecule has 0 radical (unpaired) electrons. The first-order valence-corrected chi connectivity index (χ1v) is 9.82. The Morgan fingerprint density at radius 3 is 2.64 bits per heavy atom. The summed E-state index contributed by atoms with van der Waals surface area (Å²) in [6.45, 7) is 9.10. The fraction of sp³-hybridized carbons (Fsp3) is 0.550. The highest BCUT2D eigenvalue weighted by molar-refractivity contribution is 6.01. The Morgan fingerprint density at radius 1 is 1.21 bits per heavy atom. The zero-order chi connectivity index (χ0) is 20.2. The van der Waals surface area contributed by atoms with E-state index < -0.39 is 6.04 Å². The predicted octanol–water partition coefficient (Wildman–Crippen LogP) is 1.37. The molecular weight excluding hydrogens is 356 g/mol. The zero-order valence-corrected chi connectivity index (χ0v) is 17.1. The number of carbonyl (C=O) groups is 2. The minimum absolute atomic E-state index is 0.0154. The highest BCUT2D eigenvalue weighted by Crippen LogP contribution is 2.33. The molecule has 28 heavy (non-hydrogen) atoms. The number of nitrogens with one attached hydrogen (secondary N) is 1. The molecule has 0 spiro atoms. The van der Waals surface area contributed by atoms with E-state index >= 15 is 0 Å². The van der Waals surface area contributed by atoms with Gasteiger partial charge in [-0.15, -0.1) is 0 Å². The van der Waals surface area contributed by atoms with Gasteiger partial charge in [0.2, 0.25) is 0 Å². The predicted molar refractivity (Wildman–Crippen MR) is 106 cm³/mol. The topological polar surface area (TPSA) is 71.5 Å². The monoisotopic (exact) mass is 384 g/mol. The molecule has 0 saturated carbocycles. The number of rotatable bonds is 3. The first-order valence-electron chi connectivity index (χ1n) is 9.82. The van der Waals surface area contributed by atoms with Gasteiger partial charge in [0, 0.05) is 13.6 Å². The van der Waals surface area contributed by atoms with Crippen molar-refractivity contribution in [2.24, 2.45) is 5.10 Å². The van der Waals surface area contributed by atoms with E-state index in [1.54, 1.807) is 11.9 Å². The molecule has 1 aromatic rings. The summed E-state index contributed by atoms with van der Waals surface area (Å²) in [5, 5.41) is 10.1. The Labute approximate surface area is 165 Å². The lowest BCUT2D eigenvalue weighted by Crippen LogP contribution is -2.67. The largest absolute Gasteiger partial charge is 0.328 e. The molecule has 3 aliphatic heterocycles. The van der Waals surface area contributed by atoms with Gasteiger partial charge in [-0.3, -0.25) is 20.0 Å². The Morgan fingerprint density at radius 2 is 1.96 bits per heavy atom. The number of amides is 3. The van der Waals surface area contributed by atoms with Gasteiger partial charge in [0.15, 0.2) is 6.29 Å². The number of carbonyl (C=O) groups excluding carboxylic acids is 2. The smallest absolute Gasteiger partial charge is 0.310 e. The fourth-order valence-corrected chi connectivity index (χ4v) is 4.43. The van der Waals surface area contributed by atoms with Crippen molar-refractivity contribution in [2.45, 2.75) is 58.8 Å². The van der Waals surface area contributed by atoms with Crippen molar-refractivity contribution in [3.63, 3.8) is 0 Å². The molecule has 1 aromatic carbocycles. The third-order valence-corrected chi connectivity index (χ3v) is 6.06. The van der Waals surface area contributed by atoms with Crippen molar-refractivity contribution in [2.75, 3.05) is 13.6 Å². The maximum Gasteiger partial charge on any atom is 0.328 e. The van der Waals surface area contributed by atoms with Crippen LogP contribution in [0.15, 0.2) is 29.4 Å². The zero-order valence-electron chi connectivity index (χ0n) is 17.1. The van der Waals surface area contributed by atoms with Gasteiger partial charge in [0.25, 0.3) is 5.91 Å². The number of fused-ring (bicyclic) bond motifs is 3. The number of aryl methyl sites for hydroxylation is 1. The van der Waals surface area contributed by atoms with E-state index in [0.29, 0.717) is 0 Å². The van der Waals surface area contributed by atoms with Crippen LogP contribution in [0.1, 0.15) is 31.9 Å². The number of imide groups is 1. The van der Waals surface area contributed by atoms with Crippen molar-refractivity contribution in [1.29, 1.82) is 0 Å². The van der Waals surface area contributed by atoms with Gasteiger partial charge in [-0.1, -0.05) is 29.8 Å². The van der Waals surface area contributed by atoms with Crippen LogP contribution in [0.5, 0.6) is 0 Å². The van der Waals surface area contributed by atoms with E-state index in [1.807, 2.05) is 50.0 Å². The van der Waals surface area contributed by atoms with E-state index in [9.17, 15) is 9.59 Å². The first-order chi connectivity index (χ1) is 13.3. The minimum Gasteiger partial charge on any atom is -0.310 e. The number of urea groups is 1. The molecule has 4 rings (SSSR count). The van der Waals surface area contributed by atoms with Crippen LogP contribution in [0.25, 0.3) is 0 Å². The quantitative estimate of drug-likeness (QED) is 0.852. The number of hydrogen-bond donors (Lipinski definition) is 1. The lowest BCUT2D eigenvalue weighted by atomic mass is 10.0. The van der Waals surface area contributed by atoms with Crippen LogP contribution in [0.4, 0.5) is 4.79 Å². The average molecular weight is 384 g/mol. The standard InChI is InChI=1S/C20H28N6O2/c1-6-25-19-21-17-16(26(19)14(4)13(3)22-25)18(27)24(20(28)23(17)5)11-15-9-7-8-12(2)10-15/h7-10,14,16-17,19,21H,6,11H2,1-5H3. The van der Waals surface area contributed by atoms with E-state index in [4.69, 9.17) is 0 Å². The van der Waals surface area contributed by atoms with Gasteiger partial charge in [0.05, 0.1) is 18.3 Å². The van der Waals surface area contributed by atoms with Crippen LogP contribution >= 0.6 is 0 Å². The molecule has 0 bridgehead atoms. The van der Waals surface area contributed by atoms with Crippen molar-refractivity contribution < 1.29 is 9.59 Å². The van der Waals surface area contributed by atoms with Crippen molar-refractivity contribution in [1.82, 2.24) is 25.0 Å². The van der Waals surface area contributed by atoms with E-state index in [1.165, 1.54) is 4.90 Å². The van der Waals surface area contributed by atoms with E-state index in [2.05, 4.69) is 22.2 Å². The summed E-state index contributed by atoms with van der Waals surface area (Å²) in [6.07, 6.45) is -0.562. The van der Waals surface area contributed by atoms with Gasteiger partial charge in [0.1, 0.15) is 12.2 Å². The number of nitrogens with zero attached hydrogens (tertiary/aromatic N) is 5. The fourth-order valence-electron chi connectivity index (χ4n) is 4.43. The lowest BCUT2D eigenvalue weighted by molar-refractivity contribution is -0.140. The Hall–Kier alpha value is -2.45. The second kappa shape index (κ2) is 6.86. The van der Waals surface area contributed by atoms with Crippen molar-refractivity contribution in [3.8, 4) is 0 Å². The van der Waals surface area contributed by atoms with Crippen LogP contribution in [-0.2, 0) is 11.3 Å². The highest BCUT2D eigenvalue weighted by atomic mass is 16.2. The summed E-state index contributed by atoms with van der Waals surface area (Å²) in [5.41, 5.74) is 3.03. The van der Waals surface area contributed by atoms with Gasteiger partial charge >= 0.3 is 6.03 Å². The van der Waals surface area contributed by atoms with Gasteiger partial charge in [-0.05, 0) is 33.3 Å². The van der Waals surface area contributed by atoms with Crippen LogP contribution in [0.3, 0.4) is 0 Å². The number of hydrogen-bond acceptors (Lipinski definition) is 6. The molecule has 3 aliphatic rings. The van der Waals surface area contributed by atoms with E-state index in [-0.39, 0.29) is 37.0 Å². The summed E-state index contributed by atoms with van der Waals surface area (Å²) in [5.74, 6) is -0.151. The highest BCUT2D eigenvalue weighted by Gasteiger charge is 2.57. The first kappa shape index (κ1) is 18.9. The molecule has 2 fully saturated rings. The average Bonchev–Trinajstić information content (AvgIpc) is 3.07. The van der Waals surface area contributed by atoms with Crippen molar-refractivity contribution >= 4 is 17.6 Å². The number of hydrazone groups is 1. The third kappa shape index (κ3) is 2.79. The third-order valence-electron chi connectivity index (χ3n) is 6.06. The molecule has 3 heterocycles. The SMILES string of the molecule is CCN1N=C(C)C(C)N2C3C(=O)N(Cc4cccc(C)c4)C(=O)N(C)C3NC12. The Kier molecular flexibility index (Phi) is 4.63. The summed E-state index contributed by atoms with van der Waals surface area (Å²) >= 11 is 0. The molecular formula is C20H28N6O2. The Bertz CT molecular complexity index is 840. The summed E-state index contributed by atoms with van der Waals surface area (Å²) < 4.78 is 0. The molecule has 0 aromatic heterocycles. The molecule has 2 saturated heterocycles. The number of likely N-dealkylation sites (N-methyl/N-ethyl adjacent to an activating group) is 1. The molecule has 4 atom stereocenters. The molecule has 8 nitrogen and oxygen atoms in total. The van der Waals surface area contributed by atoms with Crippen LogP contribution < -0.4 is 5.32 Å². The van der Waals surface area contributed by atoms with Crippen LogP contribution in [0, 0.1) is 6.92 Å². The van der Waals surface area contributed by atoms with E-state index in [0.717, 1.165) is 23.4 Å². The van der Waals surface area contributed by atoms with Gasteiger partial charge < -0.3 is 4.90 Å². The second-order valence-electron chi connectivity index (χ2n) is 7.86. The maximum absolute atomic E-state index is 13.5. The van der Waals surface area contributed by atoms with Crippen LogP contribution in [0.2, 0.25) is 0 Å². The normalized spacial score (nSPS) is 30.5. The molecule has 3 amide bonds. The number of benzene rings is 1. The van der Waals surface area contributed by atoms with Crippen LogP contribution in [-0.4, -0.2) is 75.5 Å². The summed E-state index contributed by atoms with van der Waals surface area (Å²) in [7, 11) is 1.76. The molecule has 8 heteroatoms. The summed E-state index contributed by atoms with van der Waals surface area (Å²) in [4.78, 5) is 31.7. The van der Waals surface area contributed by atoms with Gasteiger partial charge in [-0.25, -0.2) is 9.69 Å². The lowest BCUT2D eigenvalue weighted by Gasteiger charge is -2.44. The molecule has 0 aliphatic carbocycles. The molecule has 1 N–H and O–H groups in total. The summed E-state index contributed by atoms with van der Waals surface area (Å²) in [6, 6.07) is 7.24.